The normalized spacial score (nSPS) is 17.3. The van der Waals surface area contributed by atoms with Crippen LogP contribution in [-0.4, -0.2) is 17.3 Å². The molecule has 6 heteroatoms. The molecule has 10 heavy (non-hydrogen) atoms. The largest absolute Gasteiger partial charge is 0.336 e. The minimum absolute atomic E-state index is 0.256. The van der Waals surface area contributed by atoms with Crippen molar-refractivity contribution in [2.75, 3.05) is 7.11 Å². The molecular weight excluding hydrogens is 191 g/mol. The third-order valence-corrected chi connectivity index (χ3v) is 4.74. The lowest BCUT2D eigenvalue weighted by atomic mass is 10.6. The Kier molecular flexibility index (Phi) is 5.11. The summed E-state index contributed by atoms with van der Waals surface area (Å²) in [6.45, 7) is 3.86. The minimum Gasteiger partial charge on any atom is -0.336 e. The zero-order valence-corrected chi connectivity index (χ0v) is 8.63. The van der Waals surface area contributed by atoms with Crippen molar-refractivity contribution in [1.29, 1.82) is 0 Å². The Labute approximate surface area is 69.9 Å². The highest BCUT2D eigenvalue weighted by Crippen LogP contribution is 2.57. The zero-order valence-electron chi connectivity index (χ0n) is 6.10. The van der Waals surface area contributed by atoms with Gasteiger partial charge in [0.2, 0.25) is 0 Å². The second-order valence-electron chi connectivity index (χ2n) is 1.86. The third kappa shape index (κ3) is 5.65. The predicted molar refractivity (Wildman–Crippen MR) is 47.3 cm³/mol. The first-order valence-electron chi connectivity index (χ1n) is 2.71. The molecular formula is C4H11O3PS2. The van der Waals surface area contributed by atoms with E-state index in [1.54, 1.807) is 0 Å². The van der Waals surface area contributed by atoms with Crippen molar-refractivity contribution in [2.24, 2.45) is 0 Å². The first-order chi connectivity index (χ1) is 4.48. The van der Waals surface area contributed by atoms with E-state index in [-0.39, 0.29) is 5.25 Å². The van der Waals surface area contributed by atoms with Crippen molar-refractivity contribution in [3.63, 3.8) is 0 Å². The van der Waals surface area contributed by atoms with Crippen LogP contribution in [0.3, 0.4) is 0 Å². The molecule has 0 aromatic heterocycles. The van der Waals surface area contributed by atoms with E-state index in [0.29, 0.717) is 0 Å². The van der Waals surface area contributed by atoms with E-state index < -0.39 is 5.69 Å². The smallest absolute Gasteiger partial charge is 0.276 e. The fraction of sp³-hybridized carbons (Fsp3) is 1.00. The molecule has 0 saturated carbocycles. The summed E-state index contributed by atoms with van der Waals surface area (Å²) < 4.78 is 4.48. The molecule has 0 bridgehead atoms. The molecule has 0 aliphatic heterocycles. The maximum Gasteiger partial charge on any atom is 0.276 e. The van der Waals surface area contributed by atoms with Crippen LogP contribution in [0.1, 0.15) is 13.8 Å². The van der Waals surface area contributed by atoms with Crippen LogP contribution in [0.15, 0.2) is 0 Å². The van der Waals surface area contributed by atoms with Gasteiger partial charge in [0.25, 0.3) is 5.69 Å². The van der Waals surface area contributed by atoms with Gasteiger partial charge < -0.3 is 4.89 Å². The third-order valence-electron chi connectivity index (χ3n) is 0.513. The van der Waals surface area contributed by atoms with Gasteiger partial charge in [0.1, 0.15) is 0 Å². The van der Waals surface area contributed by atoms with Gasteiger partial charge >= 0.3 is 0 Å². The Balaban J connectivity index is 3.75. The van der Waals surface area contributed by atoms with E-state index >= 15 is 0 Å². The maximum absolute atomic E-state index is 9.23. The summed E-state index contributed by atoms with van der Waals surface area (Å²) in [6.07, 6.45) is 0. The SMILES string of the molecule is COOP(O)(=S)SC(C)C. The van der Waals surface area contributed by atoms with Crippen LogP contribution in [0.2, 0.25) is 0 Å². The Morgan fingerprint density at radius 1 is 1.60 bits per heavy atom. The van der Waals surface area contributed by atoms with Gasteiger partial charge in [-0.15, -0.1) is 0 Å². The lowest BCUT2D eigenvalue weighted by Crippen LogP contribution is -1.89. The molecule has 0 aliphatic rings. The summed E-state index contributed by atoms with van der Waals surface area (Å²) in [5.74, 6) is 0. The number of rotatable bonds is 4. The van der Waals surface area contributed by atoms with Crippen LogP contribution < -0.4 is 0 Å². The summed E-state index contributed by atoms with van der Waals surface area (Å²) in [6, 6.07) is 0. The molecule has 0 heterocycles. The van der Waals surface area contributed by atoms with Crippen molar-refractivity contribution < 1.29 is 14.5 Å². The van der Waals surface area contributed by atoms with Crippen molar-refractivity contribution in [3.8, 4) is 0 Å². The van der Waals surface area contributed by atoms with E-state index in [0.717, 1.165) is 0 Å². The Bertz CT molecular complexity index is 138. The molecule has 0 aliphatic carbocycles. The highest BCUT2D eigenvalue weighted by Gasteiger charge is 2.17. The topological polar surface area (TPSA) is 38.7 Å². The van der Waals surface area contributed by atoms with Crippen LogP contribution in [-0.2, 0) is 21.4 Å². The molecule has 1 N–H and O–H groups in total. The lowest BCUT2D eigenvalue weighted by Gasteiger charge is -2.13. The van der Waals surface area contributed by atoms with Gasteiger partial charge in [0.15, 0.2) is 0 Å². The van der Waals surface area contributed by atoms with Gasteiger partial charge in [-0.1, -0.05) is 25.2 Å². The number of hydrogen-bond donors (Lipinski definition) is 1. The molecule has 3 nitrogen and oxygen atoms in total. The van der Waals surface area contributed by atoms with Crippen molar-refractivity contribution >= 4 is 28.9 Å². The first kappa shape index (κ1) is 10.9. The van der Waals surface area contributed by atoms with Gasteiger partial charge in [-0.05, 0) is 11.8 Å². The quantitative estimate of drug-likeness (QED) is 0.428. The molecule has 0 amide bonds. The second-order valence-corrected chi connectivity index (χ2v) is 8.40. The molecule has 0 aromatic rings. The molecule has 1 atom stereocenters. The van der Waals surface area contributed by atoms with Crippen molar-refractivity contribution in [3.05, 3.63) is 0 Å². The monoisotopic (exact) mass is 202 g/mol. The van der Waals surface area contributed by atoms with Crippen LogP contribution in [0.5, 0.6) is 0 Å². The summed E-state index contributed by atoms with van der Waals surface area (Å²) in [5, 5.41) is 0.256. The minimum atomic E-state index is -2.72. The average Bonchev–Trinajstić information content (AvgIpc) is 1.59. The maximum atomic E-state index is 9.23. The summed E-state index contributed by atoms with van der Waals surface area (Å²) in [7, 11) is 1.33. The second kappa shape index (κ2) is 4.70. The Morgan fingerprint density at radius 3 is 2.40 bits per heavy atom. The van der Waals surface area contributed by atoms with E-state index in [4.69, 9.17) is 11.8 Å². The number of hydrogen-bond acceptors (Lipinski definition) is 4. The van der Waals surface area contributed by atoms with Gasteiger partial charge in [-0.3, -0.25) is 0 Å². The van der Waals surface area contributed by atoms with E-state index in [1.807, 2.05) is 13.8 Å². The Hall–Kier alpha value is 0.880. The van der Waals surface area contributed by atoms with Gasteiger partial charge in [-0.2, -0.15) is 4.67 Å². The van der Waals surface area contributed by atoms with Crippen LogP contribution in [0.25, 0.3) is 0 Å². The molecule has 0 spiro atoms. The molecule has 0 saturated heterocycles. The summed E-state index contributed by atoms with van der Waals surface area (Å²) >= 11 is 5.92. The molecule has 62 valence electrons. The lowest BCUT2D eigenvalue weighted by molar-refractivity contribution is -0.174. The van der Waals surface area contributed by atoms with E-state index in [9.17, 15) is 4.89 Å². The summed E-state index contributed by atoms with van der Waals surface area (Å²) in [5.41, 5.74) is -2.72. The highest BCUT2D eigenvalue weighted by atomic mass is 32.9. The van der Waals surface area contributed by atoms with Crippen molar-refractivity contribution in [1.82, 2.24) is 0 Å². The molecule has 0 aromatic carbocycles. The highest BCUT2D eigenvalue weighted by molar-refractivity contribution is 8.67. The van der Waals surface area contributed by atoms with E-state index in [2.05, 4.69) is 9.56 Å². The first-order valence-corrected chi connectivity index (χ1v) is 6.87. The molecule has 0 fully saturated rings. The fourth-order valence-electron chi connectivity index (χ4n) is 0.378. The van der Waals surface area contributed by atoms with Crippen LogP contribution >= 0.6 is 17.1 Å². The fourth-order valence-corrected chi connectivity index (χ4v) is 4.75. The van der Waals surface area contributed by atoms with Crippen LogP contribution in [0.4, 0.5) is 0 Å². The Morgan fingerprint density at radius 2 is 2.10 bits per heavy atom. The average molecular weight is 202 g/mol. The molecule has 0 rings (SSSR count). The van der Waals surface area contributed by atoms with Gasteiger partial charge in [-0.25, -0.2) is 4.89 Å². The van der Waals surface area contributed by atoms with Crippen molar-refractivity contribution in [2.45, 2.75) is 19.1 Å². The zero-order chi connectivity index (χ0) is 8.20. The predicted octanol–water partition coefficient (Wildman–Crippen LogP) is 1.92. The van der Waals surface area contributed by atoms with E-state index in [1.165, 1.54) is 18.5 Å². The standard InChI is InChI=1S/C4H11O3PS2/c1-4(2)10-8(5,9)7-6-3/h4H,1-3H3,(H,5,9). The molecule has 0 radical (unpaired) electrons. The van der Waals surface area contributed by atoms with Crippen LogP contribution in [0, 0.1) is 0 Å². The van der Waals surface area contributed by atoms with Gasteiger partial charge in [0.05, 0.1) is 7.11 Å². The summed E-state index contributed by atoms with van der Waals surface area (Å²) in [4.78, 5) is 13.5. The molecule has 1 unspecified atom stereocenters. The van der Waals surface area contributed by atoms with Gasteiger partial charge in [0, 0.05) is 5.25 Å².